The highest BCUT2D eigenvalue weighted by Gasteiger charge is 2.20. The standard InChI is InChI=1S/C11H19BrF2N4O/c1-7(2)18-11(8(12)5-16-18)9(17-15)3-4-19-6-10(13)14/h5,7,9-10,17H,3-4,6,15H2,1-2H3. The van der Waals surface area contributed by atoms with Gasteiger partial charge in [-0.3, -0.25) is 16.0 Å². The van der Waals surface area contributed by atoms with Crippen LogP contribution in [-0.4, -0.2) is 29.4 Å². The smallest absolute Gasteiger partial charge is 0.261 e. The maximum absolute atomic E-state index is 12.0. The zero-order chi connectivity index (χ0) is 14.4. The van der Waals surface area contributed by atoms with E-state index in [4.69, 9.17) is 10.6 Å². The highest BCUT2D eigenvalue weighted by Crippen LogP contribution is 2.27. The molecule has 0 aliphatic rings. The summed E-state index contributed by atoms with van der Waals surface area (Å²) in [5.41, 5.74) is 3.56. The number of hydrazine groups is 1. The van der Waals surface area contributed by atoms with Gasteiger partial charge in [-0.25, -0.2) is 8.78 Å². The normalized spacial score (nSPS) is 13.5. The molecule has 8 heteroatoms. The van der Waals surface area contributed by atoms with Crippen molar-refractivity contribution in [3.63, 3.8) is 0 Å². The number of rotatable bonds is 8. The quantitative estimate of drug-likeness (QED) is 0.433. The lowest BCUT2D eigenvalue weighted by atomic mass is 10.1. The van der Waals surface area contributed by atoms with Gasteiger partial charge in [0.1, 0.15) is 6.61 Å². The number of nitrogens with two attached hydrogens (primary N) is 1. The van der Waals surface area contributed by atoms with E-state index in [2.05, 4.69) is 26.5 Å². The van der Waals surface area contributed by atoms with Gasteiger partial charge in [0.15, 0.2) is 0 Å². The van der Waals surface area contributed by atoms with Gasteiger partial charge in [0.2, 0.25) is 0 Å². The van der Waals surface area contributed by atoms with E-state index in [0.717, 1.165) is 10.2 Å². The molecule has 19 heavy (non-hydrogen) atoms. The van der Waals surface area contributed by atoms with Gasteiger partial charge in [-0.1, -0.05) is 0 Å². The average molecular weight is 341 g/mol. The predicted octanol–water partition coefficient (Wildman–Crippen LogP) is 2.40. The second kappa shape index (κ2) is 7.88. The van der Waals surface area contributed by atoms with Crippen molar-refractivity contribution < 1.29 is 13.5 Å². The summed E-state index contributed by atoms with van der Waals surface area (Å²) in [5.74, 6) is 5.53. The number of nitrogens with one attached hydrogen (secondary N) is 1. The molecular weight excluding hydrogens is 322 g/mol. The van der Waals surface area contributed by atoms with Crippen LogP contribution in [0.4, 0.5) is 8.78 Å². The molecule has 1 rings (SSSR count). The number of hydrogen-bond acceptors (Lipinski definition) is 4. The molecule has 0 spiro atoms. The summed E-state index contributed by atoms with van der Waals surface area (Å²) >= 11 is 3.42. The molecule has 0 radical (unpaired) electrons. The highest BCUT2D eigenvalue weighted by molar-refractivity contribution is 9.10. The van der Waals surface area contributed by atoms with Crippen LogP contribution in [0.3, 0.4) is 0 Å². The molecule has 0 bridgehead atoms. The van der Waals surface area contributed by atoms with E-state index in [0.29, 0.717) is 6.42 Å². The molecule has 0 aliphatic carbocycles. The first-order valence-electron chi connectivity index (χ1n) is 6.02. The fourth-order valence-electron chi connectivity index (χ4n) is 1.76. The summed E-state index contributed by atoms with van der Waals surface area (Å²) in [5, 5.41) is 4.25. The maximum Gasteiger partial charge on any atom is 0.261 e. The highest BCUT2D eigenvalue weighted by atomic mass is 79.9. The zero-order valence-corrected chi connectivity index (χ0v) is 12.5. The lowest BCUT2D eigenvalue weighted by molar-refractivity contribution is 0.0141. The van der Waals surface area contributed by atoms with Crippen LogP contribution in [0.15, 0.2) is 10.7 Å². The molecule has 1 aromatic rings. The van der Waals surface area contributed by atoms with Gasteiger partial charge in [-0.15, -0.1) is 0 Å². The van der Waals surface area contributed by atoms with Gasteiger partial charge in [0.05, 0.1) is 22.4 Å². The molecule has 5 nitrogen and oxygen atoms in total. The van der Waals surface area contributed by atoms with Crippen molar-refractivity contribution in [3.8, 4) is 0 Å². The Labute approximate surface area is 119 Å². The summed E-state index contributed by atoms with van der Waals surface area (Å²) < 4.78 is 31.5. The molecular formula is C11H19BrF2N4O. The minimum Gasteiger partial charge on any atom is -0.375 e. The molecule has 0 amide bonds. The predicted molar refractivity (Wildman–Crippen MR) is 71.8 cm³/mol. The Morgan fingerprint density at radius 1 is 1.53 bits per heavy atom. The first-order valence-corrected chi connectivity index (χ1v) is 6.81. The van der Waals surface area contributed by atoms with Crippen LogP contribution in [0.2, 0.25) is 0 Å². The van der Waals surface area contributed by atoms with Crippen LogP contribution in [0.25, 0.3) is 0 Å². The third kappa shape index (κ3) is 4.79. The third-order valence-corrected chi connectivity index (χ3v) is 3.21. The second-order valence-corrected chi connectivity index (χ2v) is 5.24. The van der Waals surface area contributed by atoms with E-state index in [1.165, 1.54) is 0 Å². The third-order valence-electron chi connectivity index (χ3n) is 2.60. The lowest BCUT2D eigenvalue weighted by Crippen LogP contribution is -2.31. The lowest BCUT2D eigenvalue weighted by Gasteiger charge is -2.20. The van der Waals surface area contributed by atoms with Gasteiger partial charge in [-0.05, 0) is 36.2 Å². The Hall–Kier alpha value is -0.570. The van der Waals surface area contributed by atoms with Gasteiger partial charge >= 0.3 is 0 Å². The van der Waals surface area contributed by atoms with Gasteiger partial charge in [0.25, 0.3) is 6.43 Å². The van der Waals surface area contributed by atoms with Crippen molar-refractivity contribution in [2.24, 2.45) is 5.84 Å². The van der Waals surface area contributed by atoms with Crippen LogP contribution in [0.1, 0.15) is 38.0 Å². The number of halogens is 3. The summed E-state index contributed by atoms with van der Waals surface area (Å²) in [4.78, 5) is 0. The summed E-state index contributed by atoms with van der Waals surface area (Å²) in [6.07, 6.45) is -0.267. The molecule has 110 valence electrons. The fourth-order valence-corrected chi connectivity index (χ4v) is 2.31. The van der Waals surface area contributed by atoms with Crippen LogP contribution in [0.5, 0.6) is 0 Å². The summed E-state index contributed by atoms with van der Waals surface area (Å²) in [7, 11) is 0. The summed E-state index contributed by atoms with van der Waals surface area (Å²) in [6, 6.07) is -0.0314. The molecule has 1 heterocycles. The number of aromatic nitrogens is 2. The van der Waals surface area contributed by atoms with Crippen molar-refractivity contribution >= 4 is 15.9 Å². The van der Waals surface area contributed by atoms with Gasteiger partial charge < -0.3 is 4.74 Å². The summed E-state index contributed by atoms with van der Waals surface area (Å²) in [6.45, 7) is 3.66. The molecule has 3 N–H and O–H groups in total. The van der Waals surface area contributed by atoms with Crippen molar-refractivity contribution in [1.29, 1.82) is 0 Å². The van der Waals surface area contributed by atoms with Crippen molar-refractivity contribution in [3.05, 3.63) is 16.4 Å². The minimum atomic E-state index is -2.45. The Balaban J connectivity index is 2.66. The first-order chi connectivity index (χ1) is 8.97. The van der Waals surface area contributed by atoms with Gasteiger partial charge in [0, 0.05) is 12.6 Å². The molecule has 0 saturated heterocycles. The Morgan fingerprint density at radius 2 is 2.21 bits per heavy atom. The van der Waals surface area contributed by atoms with E-state index in [1.54, 1.807) is 6.20 Å². The molecule has 1 atom stereocenters. The van der Waals surface area contributed by atoms with Crippen LogP contribution >= 0.6 is 15.9 Å². The van der Waals surface area contributed by atoms with Crippen molar-refractivity contribution in [2.75, 3.05) is 13.2 Å². The Morgan fingerprint density at radius 3 is 2.74 bits per heavy atom. The van der Waals surface area contributed by atoms with E-state index < -0.39 is 13.0 Å². The Kier molecular flexibility index (Phi) is 6.84. The number of alkyl halides is 2. The molecule has 0 saturated carbocycles. The van der Waals surface area contributed by atoms with E-state index in [9.17, 15) is 8.78 Å². The van der Waals surface area contributed by atoms with E-state index in [-0.39, 0.29) is 18.7 Å². The topological polar surface area (TPSA) is 65.1 Å². The number of hydrogen-bond donors (Lipinski definition) is 2. The molecule has 1 unspecified atom stereocenters. The minimum absolute atomic E-state index is 0.180. The second-order valence-electron chi connectivity index (χ2n) is 4.39. The Bertz CT molecular complexity index is 387. The average Bonchev–Trinajstić information content (AvgIpc) is 2.71. The fraction of sp³-hybridized carbons (Fsp3) is 0.727. The first kappa shape index (κ1) is 16.5. The number of ether oxygens (including phenoxy) is 1. The van der Waals surface area contributed by atoms with Crippen LogP contribution in [0, 0.1) is 0 Å². The molecule has 0 aromatic carbocycles. The van der Waals surface area contributed by atoms with Crippen LogP contribution < -0.4 is 11.3 Å². The SMILES string of the molecule is CC(C)n1ncc(Br)c1C(CCOCC(F)F)NN. The van der Waals surface area contributed by atoms with E-state index >= 15 is 0 Å². The van der Waals surface area contributed by atoms with Crippen molar-refractivity contribution in [1.82, 2.24) is 15.2 Å². The van der Waals surface area contributed by atoms with E-state index in [1.807, 2.05) is 18.5 Å². The number of nitrogens with zero attached hydrogens (tertiary/aromatic N) is 2. The van der Waals surface area contributed by atoms with Crippen LogP contribution in [-0.2, 0) is 4.74 Å². The van der Waals surface area contributed by atoms with Gasteiger partial charge in [-0.2, -0.15) is 5.10 Å². The molecule has 1 aromatic heterocycles. The van der Waals surface area contributed by atoms with Crippen molar-refractivity contribution in [2.45, 2.75) is 38.8 Å². The largest absolute Gasteiger partial charge is 0.375 e. The molecule has 0 aliphatic heterocycles. The molecule has 0 fully saturated rings. The monoisotopic (exact) mass is 340 g/mol. The zero-order valence-electron chi connectivity index (χ0n) is 10.9. The maximum atomic E-state index is 12.0.